The zero-order valence-corrected chi connectivity index (χ0v) is 9.68. The molecule has 3 nitrogen and oxygen atoms in total. The predicted molar refractivity (Wildman–Crippen MR) is 57.0 cm³/mol. The first kappa shape index (κ1) is 11.2. The van der Waals surface area contributed by atoms with E-state index >= 15 is 0 Å². The van der Waals surface area contributed by atoms with E-state index in [4.69, 9.17) is 5.11 Å². The number of hydrogen-bond acceptors (Lipinski definition) is 3. The Morgan fingerprint density at radius 3 is 2.36 bits per heavy atom. The molecule has 0 aromatic carbocycles. The van der Waals surface area contributed by atoms with Crippen LogP contribution in [0.2, 0.25) is 0 Å². The Morgan fingerprint density at radius 2 is 2.00 bits per heavy atom. The molecular weight excluding hydrogens is 198 g/mol. The van der Waals surface area contributed by atoms with Crippen LogP contribution in [0.3, 0.4) is 0 Å². The van der Waals surface area contributed by atoms with Crippen molar-refractivity contribution in [2.45, 2.75) is 39.5 Å². The van der Waals surface area contributed by atoms with Crippen molar-refractivity contribution in [2.24, 2.45) is 0 Å². The average Bonchev–Trinajstić information content (AvgIpc) is 2.45. The summed E-state index contributed by atoms with van der Waals surface area (Å²) in [6, 6.07) is 0. The van der Waals surface area contributed by atoms with Gasteiger partial charge in [0.25, 0.3) is 0 Å². The molecule has 0 amide bonds. The molecule has 1 unspecified atom stereocenters. The van der Waals surface area contributed by atoms with Gasteiger partial charge in [0.15, 0.2) is 0 Å². The van der Waals surface area contributed by atoms with Crippen molar-refractivity contribution in [3.8, 4) is 0 Å². The second kappa shape index (κ2) is 4.09. The zero-order chi connectivity index (χ0) is 10.9. The maximum absolute atomic E-state index is 10.8. The van der Waals surface area contributed by atoms with Gasteiger partial charge >= 0.3 is 5.97 Å². The average molecular weight is 213 g/mol. The number of rotatable bonds is 3. The number of aromatic nitrogens is 1. The fraction of sp³-hybridized carbons (Fsp3) is 0.600. The summed E-state index contributed by atoms with van der Waals surface area (Å²) in [5, 5.41) is 9.55. The smallest absolute Gasteiger partial charge is 0.313 e. The van der Waals surface area contributed by atoms with E-state index in [1.807, 2.05) is 6.92 Å². The number of aryl methyl sites for hydroxylation is 1. The van der Waals surface area contributed by atoms with Gasteiger partial charge in [0.1, 0.15) is 10.9 Å². The first-order valence-electron chi connectivity index (χ1n) is 4.63. The van der Waals surface area contributed by atoms with E-state index in [1.165, 1.54) is 11.3 Å². The molecule has 0 bridgehead atoms. The third-order valence-electron chi connectivity index (χ3n) is 2.14. The fourth-order valence-electron chi connectivity index (χ4n) is 1.26. The fourth-order valence-corrected chi connectivity index (χ4v) is 2.38. The largest absolute Gasteiger partial charge is 0.481 e. The Hall–Kier alpha value is -0.900. The van der Waals surface area contributed by atoms with Crippen molar-refractivity contribution >= 4 is 17.3 Å². The molecule has 14 heavy (non-hydrogen) atoms. The maximum atomic E-state index is 10.8. The summed E-state index contributed by atoms with van der Waals surface area (Å²) in [6.07, 6.45) is 0. The van der Waals surface area contributed by atoms with E-state index in [-0.39, 0.29) is 0 Å². The molecule has 0 fully saturated rings. The third kappa shape index (κ3) is 2.12. The molecule has 1 aromatic heterocycles. The Kier molecular flexibility index (Phi) is 3.26. The Labute approximate surface area is 87.8 Å². The lowest BCUT2D eigenvalue weighted by Gasteiger charge is -2.01. The molecule has 0 aliphatic carbocycles. The summed E-state index contributed by atoms with van der Waals surface area (Å²) in [5.74, 6) is -0.943. The first-order chi connectivity index (χ1) is 6.43. The van der Waals surface area contributed by atoms with Gasteiger partial charge in [0.2, 0.25) is 0 Å². The Balaban J connectivity index is 3.02. The van der Waals surface area contributed by atoms with Crippen molar-refractivity contribution in [1.29, 1.82) is 0 Å². The predicted octanol–water partition coefficient (Wildman–Crippen LogP) is 2.76. The standard InChI is InChI=1S/C10H15NO2S/c1-5(2)8-7(4)14-9(11-8)6(3)10(12)13/h5-6H,1-4H3,(H,12,13). The Morgan fingerprint density at radius 1 is 1.43 bits per heavy atom. The quantitative estimate of drug-likeness (QED) is 0.840. The van der Waals surface area contributed by atoms with Crippen LogP contribution in [-0.4, -0.2) is 16.1 Å². The zero-order valence-electron chi connectivity index (χ0n) is 8.87. The van der Waals surface area contributed by atoms with Crippen molar-refractivity contribution in [2.75, 3.05) is 0 Å². The molecule has 0 aliphatic rings. The minimum Gasteiger partial charge on any atom is -0.481 e. The van der Waals surface area contributed by atoms with Crippen LogP contribution in [0.5, 0.6) is 0 Å². The molecule has 1 aromatic rings. The van der Waals surface area contributed by atoms with E-state index < -0.39 is 11.9 Å². The van der Waals surface area contributed by atoms with Crippen LogP contribution < -0.4 is 0 Å². The SMILES string of the molecule is Cc1sc(C(C)C(=O)O)nc1C(C)C. The summed E-state index contributed by atoms with van der Waals surface area (Å²) in [6.45, 7) is 7.80. The lowest BCUT2D eigenvalue weighted by molar-refractivity contribution is -0.138. The van der Waals surface area contributed by atoms with Crippen LogP contribution in [0.25, 0.3) is 0 Å². The number of carbonyl (C=O) groups is 1. The van der Waals surface area contributed by atoms with Gasteiger partial charge < -0.3 is 5.11 Å². The highest BCUT2D eigenvalue weighted by Crippen LogP contribution is 2.28. The summed E-state index contributed by atoms with van der Waals surface area (Å²) in [7, 11) is 0. The number of carboxylic acids is 1. The molecule has 1 rings (SSSR count). The maximum Gasteiger partial charge on any atom is 0.313 e. The molecule has 0 radical (unpaired) electrons. The third-order valence-corrected chi connectivity index (χ3v) is 3.31. The highest BCUT2D eigenvalue weighted by atomic mass is 32.1. The van der Waals surface area contributed by atoms with Gasteiger partial charge in [0, 0.05) is 4.88 Å². The van der Waals surface area contributed by atoms with Crippen LogP contribution in [0.15, 0.2) is 0 Å². The number of aliphatic carboxylic acids is 1. The van der Waals surface area contributed by atoms with Crippen LogP contribution >= 0.6 is 11.3 Å². The van der Waals surface area contributed by atoms with E-state index in [0.29, 0.717) is 10.9 Å². The second-order valence-corrected chi connectivity index (χ2v) is 4.94. The molecule has 1 atom stereocenters. The van der Waals surface area contributed by atoms with Gasteiger partial charge in [-0.3, -0.25) is 4.79 Å². The summed E-state index contributed by atoms with van der Waals surface area (Å²) in [5.41, 5.74) is 1.03. The minimum absolute atomic E-state index is 0.362. The Bertz CT molecular complexity index is 344. The summed E-state index contributed by atoms with van der Waals surface area (Å²) >= 11 is 1.49. The highest BCUT2D eigenvalue weighted by molar-refractivity contribution is 7.11. The minimum atomic E-state index is -0.811. The van der Waals surface area contributed by atoms with Gasteiger partial charge in [-0.25, -0.2) is 4.98 Å². The molecule has 0 aliphatic heterocycles. The molecule has 0 saturated carbocycles. The monoisotopic (exact) mass is 213 g/mol. The topological polar surface area (TPSA) is 50.2 Å². The summed E-state index contributed by atoms with van der Waals surface area (Å²) in [4.78, 5) is 16.3. The number of carboxylic acid groups (broad SMARTS) is 1. The van der Waals surface area contributed by atoms with Crippen molar-refractivity contribution < 1.29 is 9.90 Å². The molecule has 4 heteroatoms. The number of nitrogens with zero attached hydrogens (tertiary/aromatic N) is 1. The van der Waals surface area contributed by atoms with E-state index in [2.05, 4.69) is 18.8 Å². The van der Waals surface area contributed by atoms with Crippen LogP contribution in [-0.2, 0) is 4.79 Å². The van der Waals surface area contributed by atoms with Crippen molar-refractivity contribution in [3.05, 3.63) is 15.6 Å². The van der Waals surface area contributed by atoms with Crippen molar-refractivity contribution in [1.82, 2.24) is 4.98 Å². The van der Waals surface area contributed by atoms with Gasteiger partial charge in [-0.05, 0) is 19.8 Å². The summed E-state index contributed by atoms with van der Waals surface area (Å²) < 4.78 is 0. The second-order valence-electron chi connectivity index (χ2n) is 3.71. The molecular formula is C10H15NO2S. The van der Waals surface area contributed by atoms with Crippen LogP contribution in [0.1, 0.15) is 48.2 Å². The first-order valence-corrected chi connectivity index (χ1v) is 5.45. The number of thiazole rings is 1. The lowest BCUT2D eigenvalue weighted by Crippen LogP contribution is -2.07. The molecule has 0 saturated heterocycles. The van der Waals surface area contributed by atoms with Gasteiger partial charge in [-0.2, -0.15) is 0 Å². The van der Waals surface area contributed by atoms with Gasteiger partial charge in [0.05, 0.1) is 5.69 Å². The van der Waals surface area contributed by atoms with E-state index in [9.17, 15) is 4.79 Å². The normalized spacial score (nSPS) is 13.2. The molecule has 1 heterocycles. The lowest BCUT2D eigenvalue weighted by atomic mass is 10.1. The van der Waals surface area contributed by atoms with Crippen LogP contribution in [0.4, 0.5) is 0 Å². The van der Waals surface area contributed by atoms with Gasteiger partial charge in [-0.1, -0.05) is 13.8 Å². The number of hydrogen-bond donors (Lipinski definition) is 1. The van der Waals surface area contributed by atoms with E-state index in [0.717, 1.165) is 10.6 Å². The van der Waals surface area contributed by atoms with E-state index in [1.54, 1.807) is 6.92 Å². The van der Waals surface area contributed by atoms with Crippen LogP contribution in [0, 0.1) is 6.92 Å². The molecule has 1 N–H and O–H groups in total. The molecule has 0 spiro atoms. The highest BCUT2D eigenvalue weighted by Gasteiger charge is 2.20. The van der Waals surface area contributed by atoms with Crippen molar-refractivity contribution in [3.63, 3.8) is 0 Å². The van der Waals surface area contributed by atoms with Gasteiger partial charge in [-0.15, -0.1) is 11.3 Å². The molecule has 78 valence electrons.